The van der Waals surface area contributed by atoms with Gasteiger partial charge in [-0.1, -0.05) is 17.7 Å². The summed E-state index contributed by atoms with van der Waals surface area (Å²) in [5.41, 5.74) is 1.26. The van der Waals surface area contributed by atoms with Crippen molar-refractivity contribution in [3.63, 3.8) is 0 Å². The van der Waals surface area contributed by atoms with Crippen molar-refractivity contribution in [3.8, 4) is 0 Å². The monoisotopic (exact) mass is 578 g/mol. The van der Waals surface area contributed by atoms with Gasteiger partial charge in [-0.05, 0) is 30.9 Å². The molecule has 3 aliphatic heterocycles. The molecular weight excluding hydrogens is 551 g/mol. The number of nitrogens with one attached hydrogen (secondary N) is 1. The molecule has 0 spiro atoms. The number of halogens is 2. The highest BCUT2D eigenvalue weighted by molar-refractivity contribution is 7.11. The average Bonchev–Trinajstić information content (AvgIpc) is 3.46. The Morgan fingerprint density at radius 2 is 2.03 bits per heavy atom. The molecule has 2 bridgehead atoms. The van der Waals surface area contributed by atoms with E-state index < -0.39 is 29.9 Å². The third kappa shape index (κ3) is 5.57. The molecule has 13 heteroatoms. The predicted octanol–water partition coefficient (Wildman–Crippen LogP) is 2.47. The Morgan fingerprint density at radius 1 is 1.28 bits per heavy atom. The number of esters is 2. The third-order valence-corrected chi connectivity index (χ3v) is 8.47. The molecule has 2 fully saturated rings. The Kier molecular flexibility index (Phi) is 8.29. The zero-order valence-electron chi connectivity index (χ0n) is 21.3. The molecule has 208 valence electrons. The minimum absolute atomic E-state index is 0.120. The van der Waals surface area contributed by atoms with E-state index in [2.05, 4.69) is 15.2 Å². The normalized spacial score (nSPS) is 25.9. The number of morpholine rings is 1. The van der Waals surface area contributed by atoms with Gasteiger partial charge < -0.3 is 24.6 Å². The molecule has 2 saturated heterocycles. The number of ether oxygens (including phenoxy) is 3. The van der Waals surface area contributed by atoms with Crippen LogP contribution in [0.4, 0.5) is 4.39 Å². The van der Waals surface area contributed by atoms with E-state index in [4.69, 9.17) is 30.8 Å². The van der Waals surface area contributed by atoms with Crippen LogP contribution in [-0.2, 0) is 23.8 Å². The lowest BCUT2D eigenvalue weighted by Gasteiger charge is -2.49. The molecule has 10 nitrogen and oxygen atoms in total. The Morgan fingerprint density at radius 3 is 2.64 bits per heavy atom. The summed E-state index contributed by atoms with van der Waals surface area (Å²) < 4.78 is 29.6. The zero-order chi connectivity index (χ0) is 27.7. The Balaban J connectivity index is 1.53. The van der Waals surface area contributed by atoms with Crippen LogP contribution in [0.1, 0.15) is 29.5 Å². The number of hydrogen-bond donors (Lipinski definition) is 2. The summed E-state index contributed by atoms with van der Waals surface area (Å²) >= 11 is 7.82. The number of aliphatic hydroxyl groups is 1. The lowest BCUT2D eigenvalue weighted by molar-refractivity contribution is -0.159. The van der Waals surface area contributed by atoms with Crippen LogP contribution < -0.4 is 5.32 Å². The highest BCUT2D eigenvalue weighted by atomic mass is 35.5. The van der Waals surface area contributed by atoms with Gasteiger partial charge in [0.15, 0.2) is 16.9 Å². The van der Waals surface area contributed by atoms with E-state index >= 15 is 0 Å². The second-order valence-corrected chi connectivity index (χ2v) is 10.9. The second-order valence-electron chi connectivity index (χ2n) is 9.61. The van der Waals surface area contributed by atoms with E-state index in [-0.39, 0.29) is 28.6 Å². The van der Waals surface area contributed by atoms with Crippen LogP contribution in [-0.4, -0.2) is 84.9 Å². The van der Waals surface area contributed by atoms with E-state index in [9.17, 15) is 19.1 Å². The number of methoxy groups -OCH3 is 2. The number of amidine groups is 1. The number of thiazole rings is 1. The number of hydrogen-bond acceptors (Lipinski definition) is 11. The van der Waals surface area contributed by atoms with Crippen molar-refractivity contribution >= 4 is 40.7 Å². The summed E-state index contributed by atoms with van der Waals surface area (Å²) in [5, 5.41) is 16.4. The molecular formula is C26H28ClFN4O6S. The smallest absolute Gasteiger partial charge is 0.338 e. The predicted molar refractivity (Wildman–Crippen MR) is 141 cm³/mol. The molecule has 39 heavy (non-hydrogen) atoms. The summed E-state index contributed by atoms with van der Waals surface area (Å²) in [7, 11) is 2.55. The van der Waals surface area contributed by atoms with E-state index in [0.29, 0.717) is 54.7 Å². The molecule has 0 aliphatic carbocycles. The van der Waals surface area contributed by atoms with Crippen LogP contribution in [0.5, 0.6) is 0 Å². The van der Waals surface area contributed by atoms with Crippen molar-refractivity contribution in [1.29, 1.82) is 0 Å². The first-order valence-corrected chi connectivity index (χ1v) is 13.7. The summed E-state index contributed by atoms with van der Waals surface area (Å²) in [6, 6.07) is 2.87. The van der Waals surface area contributed by atoms with Gasteiger partial charge >= 0.3 is 11.9 Å². The SMILES string of the molecule is COC(=O)C1=C(CN2C3COCC2CC(C(O)C(=O)OC)C3)NC(c2nccs2)=N[C@H]1c1ccc(F)cc1Cl. The van der Waals surface area contributed by atoms with Crippen LogP contribution in [0.3, 0.4) is 0 Å². The van der Waals surface area contributed by atoms with E-state index in [1.807, 2.05) is 5.38 Å². The van der Waals surface area contributed by atoms with Crippen molar-refractivity contribution in [1.82, 2.24) is 15.2 Å². The van der Waals surface area contributed by atoms with E-state index in [1.165, 1.54) is 43.8 Å². The van der Waals surface area contributed by atoms with Gasteiger partial charge in [0, 0.05) is 46.5 Å². The molecule has 4 heterocycles. The molecule has 0 saturated carbocycles. The summed E-state index contributed by atoms with van der Waals surface area (Å²) in [4.78, 5) is 36.6. The third-order valence-electron chi connectivity index (χ3n) is 7.36. The highest BCUT2D eigenvalue weighted by Gasteiger charge is 2.44. The lowest BCUT2D eigenvalue weighted by Crippen LogP contribution is -2.60. The van der Waals surface area contributed by atoms with Gasteiger partial charge in [-0.15, -0.1) is 11.3 Å². The molecule has 1 aromatic heterocycles. The summed E-state index contributed by atoms with van der Waals surface area (Å²) in [6.45, 7) is 1.12. The van der Waals surface area contributed by atoms with Crippen LogP contribution >= 0.6 is 22.9 Å². The van der Waals surface area contributed by atoms with Crippen LogP contribution in [0, 0.1) is 11.7 Å². The zero-order valence-corrected chi connectivity index (χ0v) is 22.9. The molecule has 2 aromatic rings. The van der Waals surface area contributed by atoms with Crippen LogP contribution in [0.15, 0.2) is 46.0 Å². The number of nitrogens with zero attached hydrogens (tertiary/aromatic N) is 3. The fourth-order valence-electron chi connectivity index (χ4n) is 5.51. The fourth-order valence-corrected chi connectivity index (χ4v) is 6.37. The van der Waals surface area contributed by atoms with E-state index in [0.717, 1.165) is 0 Å². The molecule has 0 amide bonds. The topological polar surface area (TPSA) is 123 Å². The van der Waals surface area contributed by atoms with Gasteiger partial charge in [0.1, 0.15) is 11.9 Å². The first kappa shape index (κ1) is 27.7. The van der Waals surface area contributed by atoms with Crippen molar-refractivity contribution in [3.05, 3.63) is 62.5 Å². The van der Waals surface area contributed by atoms with Gasteiger partial charge in [-0.3, -0.25) is 9.89 Å². The molecule has 2 N–H and O–H groups in total. The van der Waals surface area contributed by atoms with Crippen molar-refractivity contribution in [2.45, 2.75) is 37.1 Å². The van der Waals surface area contributed by atoms with Crippen LogP contribution in [0.25, 0.3) is 0 Å². The number of piperidine rings is 1. The number of fused-ring (bicyclic) bond motifs is 2. The first-order valence-electron chi connectivity index (χ1n) is 12.4. The van der Waals surface area contributed by atoms with E-state index in [1.54, 1.807) is 6.20 Å². The molecule has 3 aliphatic rings. The van der Waals surface area contributed by atoms with Gasteiger partial charge in [-0.25, -0.2) is 19.0 Å². The number of aromatic nitrogens is 1. The van der Waals surface area contributed by atoms with Gasteiger partial charge in [0.05, 0.1) is 33.0 Å². The molecule has 1 aromatic carbocycles. The number of carbonyl (C=O) groups excluding carboxylic acids is 2. The standard InChI is InChI=1S/C26H28ClFN4O6S/c1-36-25(34)20-19(10-32-15-7-13(22(33)26(35)37-2)8-16(32)12-38-11-15)30-23(24-29-5-6-39-24)31-21(20)17-4-3-14(28)9-18(17)27/h3-6,9,13,15-16,21-22,33H,7-8,10-12H2,1-2H3,(H,30,31)/t13?,15?,16?,21-,22?/m0/s1. The van der Waals surface area contributed by atoms with Crippen LogP contribution in [0.2, 0.25) is 5.02 Å². The average molecular weight is 579 g/mol. The largest absolute Gasteiger partial charge is 0.467 e. The number of aliphatic imine (C=N–C) groups is 1. The molecule has 4 atom stereocenters. The summed E-state index contributed by atoms with van der Waals surface area (Å²) in [6.07, 6.45) is 1.46. The first-order chi connectivity index (χ1) is 18.8. The van der Waals surface area contributed by atoms with Crippen molar-refractivity contribution in [2.75, 3.05) is 34.0 Å². The number of rotatable bonds is 7. The number of benzene rings is 1. The van der Waals surface area contributed by atoms with Crippen molar-refractivity contribution < 1.29 is 33.3 Å². The van der Waals surface area contributed by atoms with Crippen molar-refractivity contribution in [2.24, 2.45) is 10.9 Å². The molecule has 3 unspecified atom stereocenters. The van der Waals surface area contributed by atoms with Gasteiger partial charge in [-0.2, -0.15) is 0 Å². The maximum absolute atomic E-state index is 13.9. The van der Waals surface area contributed by atoms with Gasteiger partial charge in [0.25, 0.3) is 0 Å². The fraction of sp³-hybridized carbons (Fsp3) is 0.462. The van der Waals surface area contributed by atoms with Gasteiger partial charge in [0.2, 0.25) is 0 Å². The Labute approximate surface area is 233 Å². The lowest BCUT2D eigenvalue weighted by atomic mass is 9.81. The summed E-state index contributed by atoms with van der Waals surface area (Å²) in [5.74, 6) is -1.58. The minimum Gasteiger partial charge on any atom is -0.467 e. The Hall–Kier alpha value is -2.90. The maximum Gasteiger partial charge on any atom is 0.338 e. The number of aliphatic hydroxyl groups excluding tert-OH is 1. The number of carbonyl (C=O) groups is 2. The second kappa shape index (κ2) is 11.7. The Bertz CT molecular complexity index is 1290. The quantitative estimate of drug-likeness (QED) is 0.477. The maximum atomic E-state index is 13.9. The molecule has 0 radical (unpaired) electrons. The molecule has 5 rings (SSSR count). The minimum atomic E-state index is -1.22. The highest BCUT2D eigenvalue weighted by Crippen LogP contribution is 2.39.